The summed E-state index contributed by atoms with van der Waals surface area (Å²) in [5.74, 6) is 0.0694. The molecular weight excluding hydrogens is 176 g/mol. The van der Waals surface area contributed by atoms with Gasteiger partial charge in [0.15, 0.2) is 0 Å². The zero-order valence-electron chi connectivity index (χ0n) is 9.52. The van der Waals surface area contributed by atoms with Crippen molar-refractivity contribution in [1.82, 2.24) is 10.6 Å². The van der Waals surface area contributed by atoms with Crippen molar-refractivity contribution in [3.63, 3.8) is 0 Å². The minimum atomic E-state index is 0.0694. The highest BCUT2D eigenvalue weighted by Crippen LogP contribution is 1.94. The molecule has 0 aromatic rings. The van der Waals surface area contributed by atoms with Crippen molar-refractivity contribution in [2.24, 2.45) is 0 Å². The summed E-state index contributed by atoms with van der Waals surface area (Å²) in [5.41, 5.74) is 1.04. The maximum Gasteiger partial charge on any atom is 0.234 e. The van der Waals surface area contributed by atoms with E-state index in [9.17, 15) is 4.79 Å². The van der Waals surface area contributed by atoms with Crippen molar-refractivity contribution < 1.29 is 4.79 Å². The van der Waals surface area contributed by atoms with E-state index in [2.05, 4.69) is 31.1 Å². The molecule has 0 saturated heterocycles. The normalized spacial score (nSPS) is 10.3. The molecule has 0 aliphatic carbocycles. The third kappa shape index (κ3) is 6.66. The SMILES string of the molecule is C=C(C)CNCC(=O)NC(CC)CC. The van der Waals surface area contributed by atoms with Crippen LogP contribution in [0, 0.1) is 0 Å². The number of carbonyl (C=O) groups excluding carboxylic acids is 1. The molecule has 0 radical (unpaired) electrons. The molecule has 0 saturated carbocycles. The Hall–Kier alpha value is -0.830. The molecule has 0 heterocycles. The fourth-order valence-corrected chi connectivity index (χ4v) is 1.16. The van der Waals surface area contributed by atoms with Gasteiger partial charge in [0.25, 0.3) is 0 Å². The molecule has 3 heteroatoms. The highest BCUT2D eigenvalue weighted by Gasteiger charge is 2.06. The predicted molar refractivity (Wildman–Crippen MR) is 60.2 cm³/mol. The Morgan fingerprint density at radius 1 is 1.29 bits per heavy atom. The smallest absolute Gasteiger partial charge is 0.234 e. The molecule has 2 N–H and O–H groups in total. The van der Waals surface area contributed by atoms with Gasteiger partial charge in [-0.25, -0.2) is 0 Å². The van der Waals surface area contributed by atoms with Gasteiger partial charge in [-0.3, -0.25) is 4.79 Å². The van der Waals surface area contributed by atoms with E-state index in [0.717, 1.165) is 18.4 Å². The first-order valence-electron chi connectivity index (χ1n) is 5.24. The molecule has 3 nitrogen and oxygen atoms in total. The molecule has 0 atom stereocenters. The Balaban J connectivity index is 3.59. The molecule has 0 aliphatic rings. The summed E-state index contributed by atoms with van der Waals surface area (Å²) in [7, 11) is 0. The van der Waals surface area contributed by atoms with E-state index in [-0.39, 0.29) is 5.91 Å². The van der Waals surface area contributed by atoms with Crippen LogP contribution in [0.15, 0.2) is 12.2 Å². The first-order valence-corrected chi connectivity index (χ1v) is 5.24. The van der Waals surface area contributed by atoms with E-state index in [0.29, 0.717) is 19.1 Å². The monoisotopic (exact) mass is 198 g/mol. The average Bonchev–Trinajstić information content (AvgIpc) is 2.13. The summed E-state index contributed by atoms with van der Waals surface area (Å²) in [4.78, 5) is 11.3. The first-order chi connectivity index (χ1) is 6.60. The predicted octanol–water partition coefficient (Wildman–Crippen LogP) is 1.46. The minimum absolute atomic E-state index is 0.0694. The lowest BCUT2D eigenvalue weighted by Gasteiger charge is -2.14. The van der Waals surface area contributed by atoms with Gasteiger partial charge < -0.3 is 10.6 Å². The zero-order chi connectivity index (χ0) is 11.0. The first kappa shape index (κ1) is 13.2. The number of nitrogens with one attached hydrogen (secondary N) is 2. The third-order valence-electron chi connectivity index (χ3n) is 2.06. The van der Waals surface area contributed by atoms with Crippen LogP contribution in [-0.4, -0.2) is 25.0 Å². The van der Waals surface area contributed by atoms with E-state index in [1.165, 1.54) is 0 Å². The molecular formula is C11H22N2O. The molecule has 0 spiro atoms. The van der Waals surface area contributed by atoms with Crippen LogP contribution in [0.5, 0.6) is 0 Å². The highest BCUT2D eigenvalue weighted by molar-refractivity contribution is 5.78. The molecule has 14 heavy (non-hydrogen) atoms. The minimum Gasteiger partial charge on any atom is -0.352 e. The van der Waals surface area contributed by atoms with Crippen molar-refractivity contribution in [2.45, 2.75) is 39.7 Å². The Bertz CT molecular complexity index is 186. The molecule has 0 aromatic heterocycles. The lowest BCUT2D eigenvalue weighted by atomic mass is 10.2. The molecule has 0 rings (SSSR count). The van der Waals surface area contributed by atoms with Crippen molar-refractivity contribution in [2.75, 3.05) is 13.1 Å². The van der Waals surface area contributed by atoms with Crippen LogP contribution in [0.3, 0.4) is 0 Å². The van der Waals surface area contributed by atoms with Gasteiger partial charge in [-0.15, -0.1) is 0 Å². The Kier molecular flexibility index (Phi) is 7.11. The second-order valence-corrected chi connectivity index (χ2v) is 3.64. The van der Waals surface area contributed by atoms with E-state index >= 15 is 0 Å². The number of amides is 1. The third-order valence-corrected chi connectivity index (χ3v) is 2.06. The topological polar surface area (TPSA) is 41.1 Å². The summed E-state index contributed by atoms with van der Waals surface area (Å²) in [6.45, 7) is 10.9. The van der Waals surface area contributed by atoms with Crippen LogP contribution in [0.2, 0.25) is 0 Å². The van der Waals surface area contributed by atoms with Crippen LogP contribution in [0.25, 0.3) is 0 Å². The maximum absolute atomic E-state index is 11.3. The second kappa shape index (κ2) is 7.56. The van der Waals surface area contributed by atoms with Gasteiger partial charge in [0.05, 0.1) is 6.54 Å². The molecule has 82 valence electrons. The summed E-state index contributed by atoms with van der Waals surface area (Å²) < 4.78 is 0. The second-order valence-electron chi connectivity index (χ2n) is 3.64. The number of rotatable bonds is 7. The molecule has 0 unspecified atom stereocenters. The molecule has 0 aromatic carbocycles. The van der Waals surface area contributed by atoms with Crippen molar-refractivity contribution >= 4 is 5.91 Å². The van der Waals surface area contributed by atoms with Gasteiger partial charge in [-0.05, 0) is 19.8 Å². The summed E-state index contributed by atoms with van der Waals surface area (Å²) in [5, 5.41) is 5.99. The van der Waals surface area contributed by atoms with Crippen LogP contribution < -0.4 is 10.6 Å². The fourth-order valence-electron chi connectivity index (χ4n) is 1.16. The quantitative estimate of drug-likeness (QED) is 0.608. The Morgan fingerprint density at radius 3 is 2.29 bits per heavy atom. The van der Waals surface area contributed by atoms with Gasteiger partial charge in [-0.2, -0.15) is 0 Å². The van der Waals surface area contributed by atoms with Gasteiger partial charge in [-0.1, -0.05) is 26.0 Å². The fraction of sp³-hybridized carbons (Fsp3) is 0.727. The summed E-state index contributed by atoms with van der Waals surface area (Å²) in [6, 6.07) is 0.314. The van der Waals surface area contributed by atoms with Gasteiger partial charge in [0.2, 0.25) is 5.91 Å². The van der Waals surface area contributed by atoms with E-state index < -0.39 is 0 Å². The number of carbonyl (C=O) groups is 1. The maximum atomic E-state index is 11.3. The van der Waals surface area contributed by atoms with Crippen LogP contribution >= 0.6 is 0 Å². The van der Waals surface area contributed by atoms with E-state index in [1.807, 2.05) is 6.92 Å². The largest absolute Gasteiger partial charge is 0.352 e. The zero-order valence-corrected chi connectivity index (χ0v) is 9.52. The molecule has 0 aliphatic heterocycles. The lowest BCUT2D eigenvalue weighted by Crippen LogP contribution is -2.40. The Morgan fingerprint density at radius 2 is 1.86 bits per heavy atom. The highest BCUT2D eigenvalue weighted by atomic mass is 16.1. The van der Waals surface area contributed by atoms with Crippen molar-refractivity contribution in [1.29, 1.82) is 0 Å². The van der Waals surface area contributed by atoms with Gasteiger partial charge in [0.1, 0.15) is 0 Å². The summed E-state index contributed by atoms with van der Waals surface area (Å²) in [6.07, 6.45) is 1.98. The molecule has 0 fully saturated rings. The Labute approximate surface area is 87.0 Å². The molecule has 0 bridgehead atoms. The molecule has 1 amide bonds. The van der Waals surface area contributed by atoms with Crippen LogP contribution in [-0.2, 0) is 4.79 Å². The van der Waals surface area contributed by atoms with E-state index in [4.69, 9.17) is 0 Å². The number of hydrogen-bond acceptors (Lipinski definition) is 2. The summed E-state index contributed by atoms with van der Waals surface area (Å²) >= 11 is 0. The van der Waals surface area contributed by atoms with Gasteiger partial charge >= 0.3 is 0 Å². The van der Waals surface area contributed by atoms with Crippen LogP contribution in [0.4, 0.5) is 0 Å². The standard InChI is InChI=1S/C11H22N2O/c1-5-10(6-2)13-11(14)8-12-7-9(3)4/h10,12H,3,5-8H2,1-2,4H3,(H,13,14). The van der Waals surface area contributed by atoms with Crippen molar-refractivity contribution in [3.05, 3.63) is 12.2 Å². The lowest BCUT2D eigenvalue weighted by molar-refractivity contribution is -0.120. The van der Waals surface area contributed by atoms with E-state index in [1.54, 1.807) is 0 Å². The van der Waals surface area contributed by atoms with Crippen molar-refractivity contribution in [3.8, 4) is 0 Å². The van der Waals surface area contributed by atoms with Gasteiger partial charge in [0, 0.05) is 12.6 Å². The average molecular weight is 198 g/mol. The number of hydrogen-bond donors (Lipinski definition) is 2. The van der Waals surface area contributed by atoms with Crippen LogP contribution in [0.1, 0.15) is 33.6 Å².